The van der Waals surface area contributed by atoms with Gasteiger partial charge in [0.2, 0.25) is 0 Å². The number of ether oxygens (including phenoxy) is 2. The third-order valence-electron chi connectivity index (χ3n) is 6.34. The van der Waals surface area contributed by atoms with Crippen molar-refractivity contribution in [3.63, 3.8) is 0 Å². The molecule has 4 aliphatic rings. The van der Waals surface area contributed by atoms with E-state index in [0.717, 1.165) is 30.2 Å². The molecule has 2 atom stereocenters. The van der Waals surface area contributed by atoms with Gasteiger partial charge in [-0.05, 0) is 67.7 Å². The Hall–Kier alpha value is -2.30. The minimum atomic E-state index is -0.234. The van der Waals surface area contributed by atoms with E-state index in [2.05, 4.69) is 17.1 Å². The van der Waals surface area contributed by atoms with Crippen LogP contribution in [0.25, 0.3) is 0 Å². The number of hydrogen-bond donors (Lipinski definition) is 0. The quantitative estimate of drug-likeness (QED) is 0.816. The second-order valence-corrected chi connectivity index (χ2v) is 8.01. The lowest BCUT2D eigenvalue weighted by Crippen LogP contribution is -2.21. The van der Waals surface area contributed by atoms with Gasteiger partial charge in [-0.2, -0.15) is 4.98 Å². The first kappa shape index (κ1) is 16.8. The van der Waals surface area contributed by atoms with Crippen molar-refractivity contribution in [3.05, 3.63) is 56.7 Å². The highest BCUT2D eigenvalue weighted by Gasteiger charge is 2.32. The van der Waals surface area contributed by atoms with Crippen LogP contribution in [0.15, 0.2) is 45.5 Å². The summed E-state index contributed by atoms with van der Waals surface area (Å²) in [7, 11) is 0. The molecule has 0 bridgehead atoms. The van der Waals surface area contributed by atoms with Crippen LogP contribution in [-0.2, 0) is 17.7 Å². The number of aromatic nitrogens is 2. The summed E-state index contributed by atoms with van der Waals surface area (Å²) in [5.41, 5.74) is 5.54. The fourth-order valence-electron chi connectivity index (χ4n) is 5.02. The van der Waals surface area contributed by atoms with Gasteiger partial charge in [-0.15, -0.1) is 0 Å². The Morgan fingerprint density at radius 2 is 2.30 bits per heavy atom. The Labute approximate surface area is 159 Å². The van der Waals surface area contributed by atoms with Crippen LogP contribution < -0.4 is 10.3 Å². The van der Waals surface area contributed by atoms with Gasteiger partial charge >= 0.3 is 0 Å². The molecule has 1 saturated carbocycles. The van der Waals surface area contributed by atoms with Crippen molar-refractivity contribution in [2.45, 2.75) is 64.5 Å². The van der Waals surface area contributed by atoms with Gasteiger partial charge in [0.15, 0.2) is 6.10 Å². The van der Waals surface area contributed by atoms with Gasteiger partial charge in [0.1, 0.15) is 12.4 Å². The zero-order chi connectivity index (χ0) is 18.4. The summed E-state index contributed by atoms with van der Waals surface area (Å²) in [5, 5.41) is 0. The summed E-state index contributed by atoms with van der Waals surface area (Å²) in [6.45, 7) is 3.20. The number of allylic oxidation sites excluding steroid dienone is 5. The Bertz CT molecular complexity index is 922. The number of rotatable bonds is 4. The molecule has 2 heterocycles. The fourth-order valence-corrected chi connectivity index (χ4v) is 5.02. The Morgan fingerprint density at radius 1 is 1.37 bits per heavy atom. The van der Waals surface area contributed by atoms with E-state index in [1.165, 1.54) is 37.7 Å². The topological polar surface area (TPSA) is 53.4 Å². The van der Waals surface area contributed by atoms with Crippen molar-refractivity contribution in [2.75, 3.05) is 6.61 Å². The van der Waals surface area contributed by atoms with E-state index in [-0.39, 0.29) is 11.7 Å². The lowest BCUT2D eigenvalue weighted by molar-refractivity contribution is 0.104. The van der Waals surface area contributed by atoms with Gasteiger partial charge < -0.3 is 9.47 Å². The van der Waals surface area contributed by atoms with E-state index >= 15 is 0 Å². The first-order chi connectivity index (χ1) is 13.2. The molecule has 1 aromatic heterocycles. The fraction of sp³-hybridized carbons (Fsp3) is 0.545. The first-order valence-electron chi connectivity index (χ1n) is 10.2. The molecule has 0 aromatic carbocycles. The molecular formula is C22H26N2O3. The van der Waals surface area contributed by atoms with Gasteiger partial charge in [0.05, 0.1) is 6.54 Å². The average molecular weight is 366 g/mol. The van der Waals surface area contributed by atoms with Crippen molar-refractivity contribution in [1.29, 1.82) is 0 Å². The molecule has 0 N–H and O–H groups in total. The molecule has 1 unspecified atom stereocenters. The Morgan fingerprint density at radius 3 is 3.19 bits per heavy atom. The van der Waals surface area contributed by atoms with Gasteiger partial charge in [-0.3, -0.25) is 9.36 Å². The normalized spacial score (nSPS) is 26.0. The van der Waals surface area contributed by atoms with Crippen LogP contribution >= 0.6 is 0 Å². The maximum atomic E-state index is 11.7. The highest BCUT2D eigenvalue weighted by molar-refractivity contribution is 5.50. The summed E-state index contributed by atoms with van der Waals surface area (Å²) in [4.78, 5) is 15.7. The van der Waals surface area contributed by atoms with Crippen molar-refractivity contribution in [2.24, 2.45) is 5.92 Å². The molecule has 27 heavy (non-hydrogen) atoms. The largest absolute Gasteiger partial charge is 0.490 e. The van der Waals surface area contributed by atoms with Crippen molar-refractivity contribution < 1.29 is 9.47 Å². The van der Waals surface area contributed by atoms with E-state index in [9.17, 15) is 4.79 Å². The minimum absolute atomic E-state index is 0.102. The molecule has 0 radical (unpaired) electrons. The lowest BCUT2D eigenvalue weighted by Gasteiger charge is -2.20. The molecule has 142 valence electrons. The SMILES string of the molecule is CCc1cc(=O)nc2n1C[C@@H](COC1=CCC3=C4CCCCC4CC3=C1)O2. The van der Waals surface area contributed by atoms with E-state index < -0.39 is 0 Å². The van der Waals surface area contributed by atoms with E-state index in [0.29, 0.717) is 19.2 Å². The van der Waals surface area contributed by atoms with Crippen LogP contribution in [-0.4, -0.2) is 22.3 Å². The molecule has 3 aliphatic carbocycles. The lowest BCUT2D eigenvalue weighted by atomic mass is 9.85. The predicted molar refractivity (Wildman–Crippen MR) is 103 cm³/mol. The third kappa shape index (κ3) is 3.03. The summed E-state index contributed by atoms with van der Waals surface area (Å²) < 4.78 is 13.9. The Balaban J connectivity index is 1.24. The molecule has 5 nitrogen and oxygen atoms in total. The molecule has 1 aliphatic heterocycles. The number of hydrogen-bond acceptors (Lipinski definition) is 4. The van der Waals surface area contributed by atoms with E-state index in [1.54, 1.807) is 17.2 Å². The molecule has 5 rings (SSSR count). The molecule has 1 fully saturated rings. The van der Waals surface area contributed by atoms with Crippen molar-refractivity contribution >= 4 is 0 Å². The molecular weight excluding hydrogens is 340 g/mol. The van der Waals surface area contributed by atoms with Gasteiger partial charge in [-0.25, -0.2) is 0 Å². The predicted octanol–water partition coefficient (Wildman–Crippen LogP) is 3.69. The maximum Gasteiger partial charge on any atom is 0.300 e. The first-order valence-corrected chi connectivity index (χ1v) is 10.2. The van der Waals surface area contributed by atoms with Crippen molar-refractivity contribution in [1.82, 2.24) is 9.55 Å². The monoisotopic (exact) mass is 366 g/mol. The summed E-state index contributed by atoms with van der Waals surface area (Å²) >= 11 is 0. The van der Waals surface area contributed by atoms with Crippen LogP contribution in [0, 0.1) is 5.92 Å². The standard InChI is InChI=1S/C22H26N2O3/c1-2-16-11-21(25)23-22-24(16)12-18(27-22)13-26-17-7-8-20-15(10-17)9-14-5-3-4-6-19(14)20/h7,10-11,14,18H,2-6,8-9,12-13H2,1H3/t14?,18-/m0/s1. The second kappa shape index (κ2) is 6.70. The molecule has 0 spiro atoms. The summed E-state index contributed by atoms with van der Waals surface area (Å²) in [6, 6.07) is 2.02. The van der Waals surface area contributed by atoms with Crippen LogP contribution in [0.1, 0.15) is 51.1 Å². The Kier molecular flexibility index (Phi) is 4.18. The van der Waals surface area contributed by atoms with Crippen LogP contribution in [0.5, 0.6) is 6.01 Å². The zero-order valence-corrected chi connectivity index (χ0v) is 15.9. The van der Waals surface area contributed by atoms with Crippen molar-refractivity contribution in [3.8, 4) is 6.01 Å². The summed E-state index contributed by atoms with van der Waals surface area (Å²) in [6.07, 6.45) is 12.7. The second-order valence-electron chi connectivity index (χ2n) is 8.01. The van der Waals surface area contributed by atoms with E-state index in [1.807, 2.05) is 11.5 Å². The zero-order valence-electron chi connectivity index (χ0n) is 15.9. The average Bonchev–Trinajstić information content (AvgIpc) is 3.25. The molecule has 5 heteroatoms. The van der Waals surface area contributed by atoms with Gasteiger partial charge in [0, 0.05) is 11.8 Å². The maximum absolute atomic E-state index is 11.7. The van der Waals surface area contributed by atoms with E-state index in [4.69, 9.17) is 9.47 Å². The highest BCUT2D eigenvalue weighted by atomic mass is 16.6. The van der Waals surface area contributed by atoms with Gasteiger partial charge in [-0.1, -0.05) is 18.9 Å². The van der Waals surface area contributed by atoms with Crippen LogP contribution in [0.2, 0.25) is 0 Å². The summed E-state index contributed by atoms with van der Waals surface area (Å²) in [5.74, 6) is 1.75. The number of aryl methyl sites for hydroxylation is 1. The van der Waals surface area contributed by atoms with Gasteiger partial charge in [0.25, 0.3) is 11.6 Å². The third-order valence-corrected chi connectivity index (χ3v) is 6.34. The molecule has 1 aromatic rings. The number of fused-ring (bicyclic) bond motifs is 3. The molecule has 0 saturated heterocycles. The smallest absolute Gasteiger partial charge is 0.300 e. The minimum Gasteiger partial charge on any atom is -0.490 e. The van der Waals surface area contributed by atoms with Crippen LogP contribution in [0.3, 0.4) is 0 Å². The van der Waals surface area contributed by atoms with Crippen LogP contribution in [0.4, 0.5) is 0 Å². The number of nitrogens with zero attached hydrogens (tertiary/aromatic N) is 2. The highest BCUT2D eigenvalue weighted by Crippen LogP contribution is 2.47. The molecule has 0 amide bonds.